The zero-order valence-corrected chi connectivity index (χ0v) is 25.0. The van der Waals surface area contributed by atoms with Crippen molar-refractivity contribution >= 4 is 25.9 Å². The number of carbonyl (C=O) groups excluding carboxylic acids is 3. The van der Waals surface area contributed by atoms with Gasteiger partial charge in [-0.3, -0.25) is 9.59 Å². The monoisotopic (exact) mass is 592 g/mol. The van der Waals surface area contributed by atoms with Gasteiger partial charge >= 0.3 is 6.03 Å². The number of pyridine rings is 1. The van der Waals surface area contributed by atoms with Crippen molar-refractivity contribution < 1.29 is 33.0 Å². The minimum Gasteiger partial charge on any atom is -0.497 e. The van der Waals surface area contributed by atoms with E-state index < -0.39 is 31.4 Å². The van der Waals surface area contributed by atoms with Gasteiger partial charge in [0.25, 0.3) is 11.8 Å². The molecular weight excluding hydrogens is 559 g/mol. The number of halogens is 1. The largest absolute Gasteiger partial charge is 0.497 e. The molecular formula is C30H33FN4O6Si. The van der Waals surface area contributed by atoms with E-state index in [1.165, 1.54) is 19.2 Å². The average Bonchev–Trinajstić information content (AvgIpc) is 3.39. The number of carbonyl (C=O) groups is 3. The summed E-state index contributed by atoms with van der Waals surface area (Å²) < 4.78 is 30.0. The average molecular weight is 593 g/mol. The Bertz CT molecular complexity index is 1500. The topological polar surface area (TPSA) is 110 Å². The first kappa shape index (κ1) is 29.2. The first-order valence-electron chi connectivity index (χ1n) is 13.6. The second-order valence-corrected chi connectivity index (χ2v) is 17.2. The highest BCUT2D eigenvalue weighted by Gasteiger charge is 2.54. The van der Waals surface area contributed by atoms with Crippen molar-refractivity contribution in [3.8, 4) is 17.4 Å². The van der Waals surface area contributed by atoms with Crippen LogP contribution >= 0.6 is 0 Å². The molecule has 0 aliphatic carbocycles. The fraction of sp³-hybridized carbons (Fsp3) is 0.333. The molecule has 0 spiro atoms. The van der Waals surface area contributed by atoms with E-state index in [9.17, 15) is 18.8 Å². The van der Waals surface area contributed by atoms with Gasteiger partial charge in [0.15, 0.2) is 5.54 Å². The maximum Gasteiger partial charge on any atom is 0.327 e. The second-order valence-electron chi connectivity index (χ2n) is 11.5. The summed E-state index contributed by atoms with van der Waals surface area (Å²) in [6.45, 7) is 7.07. The third kappa shape index (κ3) is 5.99. The molecule has 42 heavy (non-hydrogen) atoms. The van der Waals surface area contributed by atoms with Crippen LogP contribution in [-0.4, -0.2) is 67.7 Å². The molecule has 220 valence electrons. The summed E-state index contributed by atoms with van der Waals surface area (Å²) in [7, 11) is 0.155. The molecule has 0 unspecified atom stereocenters. The molecule has 0 bridgehead atoms. The number of imide groups is 1. The smallest absolute Gasteiger partial charge is 0.327 e. The van der Waals surface area contributed by atoms with Gasteiger partial charge in [-0.2, -0.15) is 0 Å². The van der Waals surface area contributed by atoms with Crippen LogP contribution < -0.4 is 14.8 Å². The van der Waals surface area contributed by atoms with E-state index in [0.717, 1.165) is 22.7 Å². The van der Waals surface area contributed by atoms with Crippen LogP contribution in [0.15, 0.2) is 60.8 Å². The number of amides is 4. The predicted molar refractivity (Wildman–Crippen MR) is 154 cm³/mol. The maximum atomic E-state index is 14.0. The lowest BCUT2D eigenvalue weighted by Gasteiger charge is -2.32. The van der Waals surface area contributed by atoms with Crippen molar-refractivity contribution in [1.82, 2.24) is 20.1 Å². The molecule has 2 aliphatic rings. The predicted octanol–water partition coefficient (Wildman–Crippen LogP) is 4.74. The summed E-state index contributed by atoms with van der Waals surface area (Å²) in [5.74, 6) is -0.124. The van der Waals surface area contributed by atoms with Gasteiger partial charge in [-0.25, -0.2) is 19.1 Å². The Morgan fingerprint density at radius 2 is 1.76 bits per heavy atom. The van der Waals surface area contributed by atoms with Gasteiger partial charge < -0.3 is 24.4 Å². The van der Waals surface area contributed by atoms with E-state index in [0.29, 0.717) is 29.2 Å². The van der Waals surface area contributed by atoms with Crippen LogP contribution in [0.2, 0.25) is 25.7 Å². The van der Waals surface area contributed by atoms with Gasteiger partial charge in [-0.05, 0) is 47.5 Å². The standard InChI is InChI=1S/C30H33FN4O6Si/c1-39-24-9-5-20-17-34(27(36)25(20)15-24)18-30(28(37)35(29(38)33-30)19-40-13-14-42(2,3)4)21-6-10-23(11-7-21)41-26-12-8-22(31)16-32-26/h5-12,15-16H,13-14,17-19H2,1-4H3,(H,33,38)/t30-/m0/s1. The summed E-state index contributed by atoms with van der Waals surface area (Å²) in [6.07, 6.45) is 1.05. The molecule has 12 heteroatoms. The highest BCUT2D eigenvalue weighted by molar-refractivity contribution is 6.76. The first-order valence-corrected chi connectivity index (χ1v) is 17.3. The van der Waals surface area contributed by atoms with Crippen LogP contribution in [0.25, 0.3) is 0 Å². The third-order valence-corrected chi connectivity index (χ3v) is 8.99. The lowest BCUT2D eigenvalue weighted by atomic mass is 9.89. The number of hydrogen-bond acceptors (Lipinski definition) is 7. The van der Waals surface area contributed by atoms with E-state index in [2.05, 4.69) is 29.9 Å². The Kier molecular flexibility index (Phi) is 8.02. The van der Waals surface area contributed by atoms with Crippen LogP contribution in [0.5, 0.6) is 17.4 Å². The number of urea groups is 1. The zero-order chi connectivity index (χ0) is 30.1. The van der Waals surface area contributed by atoms with Gasteiger partial charge in [0.2, 0.25) is 5.88 Å². The Hall–Kier alpha value is -4.29. The molecule has 4 amide bonds. The van der Waals surface area contributed by atoms with Gasteiger partial charge in [-0.15, -0.1) is 0 Å². The molecule has 3 heterocycles. The van der Waals surface area contributed by atoms with Gasteiger partial charge in [0.05, 0.1) is 19.9 Å². The summed E-state index contributed by atoms with van der Waals surface area (Å²) in [4.78, 5) is 47.2. The number of nitrogens with zero attached hydrogens (tertiary/aromatic N) is 3. The first-order chi connectivity index (χ1) is 20.0. The normalized spacial score (nSPS) is 18.4. The van der Waals surface area contributed by atoms with Crippen molar-refractivity contribution in [3.63, 3.8) is 0 Å². The number of methoxy groups -OCH3 is 1. The second kappa shape index (κ2) is 11.5. The number of benzene rings is 2. The van der Waals surface area contributed by atoms with E-state index in [1.54, 1.807) is 41.3 Å². The molecule has 5 rings (SSSR count). The van der Waals surface area contributed by atoms with Crippen molar-refractivity contribution in [2.45, 2.75) is 37.8 Å². The van der Waals surface area contributed by atoms with Crippen molar-refractivity contribution in [1.29, 1.82) is 0 Å². The van der Waals surface area contributed by atoms with Crippen molar-refractivity contribution in [2.75, 3.05) is 27.0 Å². The SMILES string of the molecule is COc1ccc2c(c1)C(=O)N(C[C@@]1(c3ccc(Oc4ccc(F)cn4)cc3)NC(=O)N(COCC[Si](C)(C)C)C1=O)C2. The molecule has 1 aromatic heterocycles. The molecule has 3 aromatic rings. The van der Waals surface area contributed by atoms with Crippen LogP contribution in [-0.2, 0) is 21.6 Å². The minimum atomic E-state index is -1.56. The zero-order valence-electron chi connectivity index (χ0n) is 24.0. The minimum absolute atomic E-state index is 0.0987. The van der Waals surface area contributed by atoms with Gasteiger partial charge in [-0.1, -0.05) is 37.8 Å². The summed E-state index contributed by atoms with van der Waals surface area (Å²) >= 11 is 0. The highest BCUT2D eigenvalue weighted by Crippen LogP contribution is 2.35. The van der Waals surface area contributed by atoms with E-state index in [1.807, 2.05) is 6.07 Å². The molecule has 2 aromatic carbocycles. The quantitative estimate of drug-likeness (QED) is 0.195. The van der Waals surface area contributed by atoms with E-state index in [-0.39, 0.29) is 31.6 Å². The summed E-state index contributed by atoms with van der Waals surface area (Å²) in [5, 5.41) is 2.87. The molecule has 1 saturated heterocycles. The Morgan fingerprint density at radius 3 is 2.43 bits per heavy atom. The fourth-order valence-corrected chi connectivity index (χ4v) is 5.66. The number of hydrogen-bond donors (Lipinski definition) is 1. The third-order valence-electron chi connectivity index (χ3n) is 7.29. The maximum absolute atomic E-state index is 14.0. The Balaban J connectivity index is 1.42. The molecule has 1 N–H and O–H groups in total. The molecule has 1 atom stereocenters. The van der Waals surface area contributed by atoms with Gasteiger partial charge in [0, 0.05) is 32.9 Å². The number of fused-ring (bicyclic) bond motifs is 1. The molecule has 0 radical (unpaired) electrons. The lowest BCUT2D eigenvalue weighted by Crippen LogP contribution is -2.53. The van der Waals surface area contributed by atoms with Crippen LogP contribution in [0.1, 0.15) is 21.5 Å². The molecule has 2 aliphatic heterocycles. The van der Waals surface area contributed by atoms with Gasteiger partial charge in [0.1, 0.15) is 24.0 Å². The number of ether oxygens (including phenoxy) is 3. The number of nitrogens with one attached hydrogen (secondary N) is 1. The Morgan fingerprint density at radius 1 is 1.02 bits per heavy atom. The van der Waals surface area contributed by atoms with Crippen LogP contribution in [0.4, 0.5) is 9.18 Å². The lowest BCUT2D eigenvalue weighted by molar-refractivity contribution is -0.135. The Labute approximate surface area is 244 Å². The van der Waals surface area contributed by atoms with Crippen molar-refractivity contribution in [3.05, 3.63) is 83.3 Å². The fourth-order valence-electron chi connectivity index (χ4n) is 4.90. The van der Waals surface area contributed by atoms with E-state index in [4.69, 9.17) is 14.2 Å². The van der Waals surface area contributed by atoms with E-state index >= 15 is 0 Å². The van der Waals surface area contributed by atoms with Crippen molar-refractivity contribution in [2.24, 2.45) is 0 Å². The highest BCUT2D eigenvalue weighted by atomic mass is 28.3. The molecule has 0 saturated carbocycles. The molecule has 10 nitrogen and oxygen atoms in total. The van der Waals surface area contributed by atoms with Crippen LogP contribution in [0.3, 0.4) is 0 Å². The number of aromatic nitrogens is 1. The summed E-state index contributed by atoms with van der Waals surface area (Å²) in [6, 6.07) is 14.8. The van der Waals surface area contributed by atoms with Crippen LogP contribution in [0, 0.1) is 5.82 Å². The summed E-state index contributed by atoms with van der Waals surface area (Å²) in [5.41, 5.74) is 0.192. The number of rotatable bonds is 11. The molecule has 1 fully saturated rings.